The molecule has 6 nitrogen and oxygen atoms in total. The van der Waals surface area contributed by atoms with Crippen LogP contribution in [0.4, 0.5) is 0 Å². The zero-order chi connectivity index (χ0) is 20.3. The highest BCUT2D eigenvalue weighted by atomic mass is 35.5. The van der Waals surface area contributed by atoms with Crippen LogP contribution in [0.1, 0.15) is 26.3 Å². The van der Waals surface area contributed by atoms with Gasteiger partial charge in [-0.25, -0.2) is 9.78 Å². The normalized spacial score (nSPS) is 10.6. The first kappa shape index (κ1) is 19.9. The largest absolute Gasteiger partial charge is 0.480 e. The predicted molar refractivity (Wildman–Crippen MR) is 107 cm³/mol. The van der Waals surface area contributed by atoms with E-state index in [1.165, 1.54) is 14.2 Å². The summed E-state index contributed by atoms with van der Waals surface area (Å²) in [4.78, 5) is 28.8. The molecular formula is C20H16Cl2N2O4. The van der Waals surface area contributed by atoms with Crippen LogP contribution in [0.2, 0.25) is 10.0 Å². The first-order valence-corrected chi connectivity index (χ1v) is 8.98. The van der Waals surface area contributed by atoms with Crippen molar-refractivity contribution in [2.45, 2.75) is 6.54 Å². The molecule has 0 atom stereocenters. The molecule has 0 bridgehead atoms. The highest BCUT2D eigenvalue weighted by Crippen LogP contribution is 2.28. The highest BCUT2D eigenvalue weighted by molar-refractivity contribution is 6.33. The first-order chi connectivity index (χ1) is 13.4. The average Bonchev–Trinajstić information content (AvgIpc) is 2.70. The van der Waals surface area contributed by atoms with Gasteiger partial charge in [-0.15, -0.1) is 0 Å². The minimum absolute atomic E-state index is 0.125. The van der Waals surface area contributed by atoms with Crippen molar-refractivity contribution >= 4 is 46.0 Å². The van der Waals surface area contributed by atoms with E-state index < -0.39 is 5.97 Å². The van der Waals surface area contributed by atoms with Gasteiger partial charge in [-0.3, -0.25) is 4.79 Å². The number of halogens is 2. The lowest BCUT2D eigenvalue weighted by Crippen LogP contribution is -2.23. The number of amides is 1. The van der Waals surface area contributed by atoms with Crippen molar-refractivity contribution in [3.05, 3.63) is 69.2 Å². The molecule has 0 aliphatic carbocycles. The van der Waals surface area contributed by atoms with Crippen LogP contribution in [0.25, 0.3) is 10.9 Å². The smallest absolute Gasteiger partial charge is 0.343 e. The fourth-order valence-electron chi connectivity index (χ4n) is 2.77. The third kappa shape index (κ3) is 4.03. The molecular weight excluding hydrogens is 403 g/mol. The van der Waals surface area contributed by atoms with E-state index in [1.54, 1.807) is 42.5 Å². The number of hydrogen-bond acceptors (Lipinski definition) is 5. The summed E-state index contributed by atoms with van der Waals surface area (Å²) < 4.78 is 9.99. The molecule has 0 saturated heterocycles. The van der Waals surface area contributed by atoms with Gasteiger partial charge in [0.05, 0.1) is 30.3 Å². The van der Waals surface area contributed by atoms with Crippen molar-refractivity contribution in [3.8, 4) is 5.88 Å². The number of fused-ring (bicyclic) bond motifs is 1. The molecule has 0 saturated carbocycles. The Hall–Kier alpha value is -2.83. The number of nitrogens with one attached hydrogen (secondary N) is 1. The molecule has 0 radical (unpaired) electrons. The number of rotatable bonds is 5. The number of ether oxygens (including phenoxy) is 2. The third-order valence-electron chi connectivity index (χ3n) is 4.08. The van der Waals surface area contributed by atoms with Crippen molar-refractivity contribution in [2.24, 2.45) is 0 Å². The van der Waals surface area contributed by atoms with E-state index in [0.29, 0.717) is 32.1 Å². The summed E-state index contributed by atoms with van der Waals surface area (Å²) in [7, 11) is 2.69. The van der Waals surface area contributed by atoms with Gasteiger partial charge in [-0.2, -0.15) is 0 Å². The van der Waals surface area contributed by atoms with Crippen LogP contribution < -0.4 is 10.1 Å². The van der Waals surface area contributed by atoms with Gasteiger partial charge in [-0.1, -0.05) is 35.3 Å². The Balaban J connectivity index is 1.98. The molecule has 2 aromatic carbocycles. The van der Waals surface area contributed by atoms with Gasteiger partial charge in [0.1, 0.15) is 5.56 Å². The third-order valence-corrected chi connectivity index (χ3v) is 4.63. The molecule has 3 aromatic rings. The molecule has 0 fully saturated rings. The summed E-state index contributed by atoms with van der Waals surface area (Å²) in [5.74, 6) is -0.767. The van der Waals surface area contributed by atoms with E-state index >= 15 is 0 Å². The Labute approximate surface area is 171 Å². The Kier molecular flexibility index (Phi) is 6.02. The topological polar surface area (TPSA) is 77.5 Å². The monoisotopic (exact) mass is 418 g/mol. The van der Waals surface area contributed by atoms with Crippen molar-refractivity contribution in [2.75, 3.05) is 14.2 Å². The van der Waals surface area contributed by atoms with Crippen LogP contribution in [0.3, 0.4) is 0 Å². The second-order valence-electron chi connectivity index (χ2n) is 5.84. The minimum Gasteiger partial charge on any atom is -0.480 e. The molecule has 0 aliphatic rings. The summed E-state index contributed by atoms with van der Waals surface area (Å²) in [6, 6.07) is 11.7. The van der Waals surface area contributed by atoms with Crippen LogP contribution in [0.5, 0.6) is 5.88 Å². The molecule has 1 aromatic heterocycles. The van der Waals surface area contributed by atoms with Gasteiger partial charge in [0.2, 0.25) is 5.88 Å². The summed E-state index contributed by atoms with van der Waals surface area (Å²) >= 11 is 12.3. The lowest BCUT2D eigenvalue weighted by molar-refractivity contribution is 0.0596. The van der Waals surface area contributed by atoms with E-state index in [4.69, 9.17) is 32.7 Å². The van der Waals surface area contributed by atoms with Crippen LogP contribution in [0, 0.1) is 0 Å². The van der Waals surface area contributed by atoms with Crippen LogP contribution in [0.15, 0.2) is 42.5 Å². The summed E-state index contributed by atoms with van der Waals surface area (Å²) in [5, 5.41) is 4.23. The molecule has 1 heterocycles. The number of carbonyl (C=O) groups is 2. The average molecular weight is 419 g/mol. The molecule has 0 unspecified atom stereocenters. The van der Waals surface area contributed by atoms with Crippen LogP contribution in [-0.4, -0.2) is 31.1 Å². The van der Waals surface area contributed by atoms with E-state index in [9.17, 15) is 9.59 Å². The zero-order valence-electron chi connectivity index (χ0n) is 15.1. The fourth-order valence-corrected chi connectivity index (χ4v) is 3.24. The quantitative estimate of drug-likeness (QED) is 0.626. The van der Waals surface area contributed by atoms with Gasteiger partial charge in [0.25, 0.3) is 5.91 Å². The number of pyridine rings is 1. The minimum atomic E-state index is -0.570. The molecule has 144 valence electrons. The van der Waals surface area contributed by atoms with Gasteiger partial charge in [0, 0.05) is 17.0 Å². The highest BCUT2D eigenvalue weighted by Gasteiger charge is 2.18. The molecule has 1 amide bonds. The van der Waals surface area contributed by atoms with E-state index in [-0.39, 0.29) is 23.9 Å². The fraction of sp³-hybridized carbons (Fsp3) is 0.150. The van der Waals surface area contributed by atoms with E-state index in [2.05, 4.69) is 10.3 Å². The van der Waals surface area contributed by atoms with Crippen molar-refractivity contribution in [1.29, 1.82) is 0 Å². The number of esters is 1. The zero-order valence-corrected chi connectivity index (χ0v) is 16.6. The number of nitrogens with zero attached hydrogens (tertiary/aromatic N) is 1. The lowest BCUT2D eigenvalue weighted by Gasteiger charge is -2.12. The maximum Gasteiger partial charge on any atom is 0.343 e. The molecule has 0 aliphatic heterocycles. The molecule has 0 spiro atoms. The Morgan fingerprint density at radius 2 is 1.82 bits per heavy atom. The van der Waals surface area contributed by atoms with Crippen LogP contribution in [-0.2, 0) is 11.3 Å². The number of benzene rings is 2. The van der Waals surface area contributed by atoms with Gasteiger partial charge in [0.15, 0.2) is 0 Å². The summed E-state index contributed by atoms with van der Waals surface area (Å²) in [6.07, 6.45) is 0. The number of hydrogen-bond donors (Lipinski definition) is 1. The SMILES string of the molecule is COC(=O)c1cc2cc(Cl)cc(CNC(=O)c3ccccc3Cl)c2nc1OC. The van der Waals surface area contributed by atoms with E-state index in [0.717, 1.165) is 0 Å². The molecule has 28 heavy (non-hydrogen) atoms. The number of methoxy groups -OCH3 is 2. The first-order valence-electron chi connectivity index (χ1n) is 8.22. The standard InChI is InChI=1S/C20H16Cl2N2O4/c1-27-19-15(20(26)28-2)9-11-7-13(21)8-12(17(11)24-19)10-23-18(25)14-5-3-4-6-16(14)22/h3-9H,10H2,1-2H3,(H,23,25). The lowest BCUT2D eigenvalue weighted by atomic mass is 10.1. The predicted octanol–water partition coefficient (Wildman–Crippen LogP) is 4.27. The van der Waals surface area contributed by atoms with Crippen molar-refractivity contribution in [3.63, 3.8) is 0 Å². The molecule has 8 heteroatoms. The van der Waals surface area contributed by atoms with Crippen molar-refractivity contribution < 1.29 is 19.1 Å². The maximum atomic E-state index is 12.4. The maximum absolute atomic E-state index is 12.4. The molecule has 3 rings (SSSR count). The van der Waals surface area contributed by atoms with Gasteiger partial charge < -0.3 is 14.8 Å². The Morgan fingerprint density at radius 3 is 2.50 bits per heavy atom. The summed E-state index contributed by atoms with van der Waals surface area (Å²) in [5.41, 5.74) is 1.77. The molecule has 1 N–H and O–H groups in total. The van der Waals surface area contributed by atoms with Gasteiger partial charge in [-0.05, 0) is 35.9 Å². The number of aromatic nitrogens is 1. The number of carbonyl (C=O) groups excluding carboxylic acids is 2. The van der Waals surface area contributed by atoms with E-state index in [1.807, 2.05) is 0 Å². The van der Waals surface area contributed by atoms with Crippen molar-refractivity contribution in [1.82, 2.24) is 10.3 Å². The Morgan fingerprint density at radius 1 is 1.07 bits per heavy atom. The van der Waals surface area contributed by atoms with Gasteiger partial charge >= 0.3 is 5.97 Å². The second kappa shape index (κ2) is 8.46. The second-order valence-corrected chi connectivity index (χ2v) is 6.68. The Bertz CT molecular complexity index is 1070. The summed E-state index contributed by atoms with van der Waals surface area (Å²) in [6.45, 7) is 0.162. The van der Waals surface area contributed by atoms with Crippen LogP contribution >= 0.6 is 23.2 Å².